The van der Waals surface area contributed by atoms with E-state index in [9.17, 15) is 19.2 Å². The first-order valence-electron chi connectivity index (χ1n) is 9.50. The molecule has 0 bridgehead atoms. The lowest BCUT2D eigenvalue weighted by Crippen LogP contribution is -2.50. The summed E-state index contributed by atoms with van der Waals surface area (Å²) in [6.07, 6.45) is 3.52. The molecule has 1 N–H and O–H groups in total. The van der Waals surface area contributed by atoms with Gasteiger partial charge in [-0.15, -0.1) is 0 Å². The lowest BCUT2D eigenvalue weighted by molar-refractivity contribution is -0.142. The summed E-state index contributed by atoms with van der Waals surface area (Å²) in [6.45, 7) is 3.81. The normalized spacial score (nSPS) is 27.3. The van der Waals surface area contributed by atoms with Crippen LogP contribution in [0, 0.1) is 11.8 Å². The average molecular weight is 365 g/mol. The summed E-state index contributed by atoms with van der Waals surface area (Å²) in [7, 11) is 0. The predicted octanol–water partition coefficient (Wildman–Crippen LogP) is -0.0848. The molecular formula is C18H27N3O5. The van der Waals surface area contributed by atoms with E-state index in [4.69, 9.17) is 4.74 Å². The zero-order chi connectivity index (χ0) is 18.7. The van der Waals surface area contributed by atoms with Gasteiger partial charge in [-0.2, -0.15) is 0 Å². The Morgan fingerprint density at radius 3 is 2.27 bits per heavy atom. The number of hydrogen-bond acceptors (Lipinski definition) is 5. The van der Waals surface area contributed by atoms with E-state index >= 15 is 0 Å². The van der Waals surface area contributed by atoms with Crippen molar-refractivity contribution in [1.82, 2.24) is 15.1 Å². The first-order chi connectivity index (χ1) is 12.5. The third-order valence-electron chi connectivity index (χ3n) is 5.57. The number of hydrogen-bond donors (Lipinski definition) is 1. The Hall–Kier alpha value is -1.96. The van der Waals surface area contributed by atoms with Crippen LogP contribution in [0.4, 0.5) is 0 Å². The van der Waals surface area contributed by atoms with E-state index in [2.05, 4.69) is 5.32 Å². The van der Waals surface area contributed by atoms with Gasteiger partial charge in [0, 0.05) is 26.1 Å². The number of rotatable bonds is 5. The maximum atomic E-state index is 12.4. The van der Waals surface area contributed by atoms with E-state index < -0.39 is 6.04 Å². The second-order valence-corrected chi connectivity index (χ2v) is 7.30. The molecule has 0 aromatic heterocycles. The van der Waals surface area contributed by atoms with Crippen molar-refractivity contribution in [1.29, 1.82) is 0 Å². The van der Waals surface area contributed by atoms with Crippen LogP contribution in [-0.2, 0) is 23.9 Å². The van der Waals surface area contributed by atoms with Crippen molar-refractivity contribution in [2.45, 2.75) is 45.1 Å². The van der Waals surface area contributed by atoms with Gasteiger partial charge in [-0.05, 0) is 19.8 Å². The average Bonchev–Trinajstić information content (AvgIpc) is 2.91. The molecule has 2 aliphatic heterocycles. The zero-order valence-corrected chi connectivity index (χ0v) is 15.2. The molecule has 144 valence electrons. The second-order valence-electron chi connectivity index (χ2n) is 7.30. The van der Waals surface area contributed by atoms with E-state index in [1.165, 1.54) is 4.90 Å². The highest BCUT2D eigenvalue weighted by Crippen LogP contribution is 2.37. The van der Waals surface area contributed by atoms with Crippen LogP contribution in [0.25, 0.3) is 0 Å². The number of carbonyl (C=O) groups excluding carboxylic acids is 4. The van der Waals surface area contributed by atoms with Gasteiger partial charge < -0.3 is 15.0 Å². The molecule has 8 heteroatoms. The molecule has 4 amide bonds. The summed E-state index contributed by atoms with van der Waals surface area (Å²) in [5.74, 6) is -1.12. The molecule has 3 fully saturated rings. The minimum Gasteiger partial charge on any atom is -0.378 e. The Labute approximate surface area is 153 Å². The minimum absolute atomic E-state index is 0.0254. The molecule has 0 aromatic carbocycles. The van der Waals surface area contributed by atoms with Crippen molar-refractivity contribution in [3.8, 4) is 0 Å². The van der Waals surface area contributed by atoms with Crippen molar-refractivity contribution in [2.75, 3.05) is 32.8 Å². The SMILES string of the molecule is CC(NC(=O)CCN1C(=O)C2CCCCC2C1=O)C(=O)N1CCOCC1. The number of fused-ring (bicyclic) bond motifs is 1. The van der Waals surface area contributed by atoms with E-state index in [1.54, 1.807) is 11.8 Å². The zero-order valence-electron chi connectivity index (χ0n) is 15.2. The number of likely N-dealkylation sites (tertiary alicyclic amines) is 1. The number of nitrogens with one attached hydrogen (secondary N) is 1. The number of nitrogens with zero attached hydrogens (tertiary/aromatic N) is 2. The Bertz CT molecular complexity index is 563. The molecule has 0 aromatic rings. The van der Waals surface area contributed by atoms with Gasteiger partial charge in [-0.3, -0.25) is 24.1 Å². The largest absolute Gasteiger partial charge is 0.378 e. The van der Waals surface area contributed by atoms with Gasteiger partial charge in [0.05, 0.1) is 25.0 Å². The maximum Gasteiger partial charge on any atom is 0.245 e. The highest BCUT2D eigenvalue weighted by molar-refractivity contribution is 6.05. The van der Waals surface area contributed by atoms with Crippen LogP contribution < -0.4 is 5.32 Å². The highest BCUT2D eigenvalue weighted by Gasteiger charge is 2.47. The fraction of sp³-hybridized carbons (Fsp3) is 0.778. The van der Waals surface area contributed by atoms with Crippen LogP contribution in [0.1, 0.15) is 39.0 Å². The molecule has 26 heavy (non-hydrogen) atoms. The van der Waals surface area contributed by atoms with Crippen LogP contribution in [0.2, 0.25) is 0 Å². The summed E-state index contributed by atoms with van der Waals surface area (Å²) in [6, 6.07) is -0.631. The lowest BCUT2D eigenvalue weighted by Gasteiger charge is -2.29. The number of amides is 4. The summed E-state index contributed by atoms with van der Waals surface area (Å²) >= 11 is 0. The third kappa shape index (κ3) is 3.90. The van der Waals surface area contributed by atoms with E-state index in [1.807, 2.05) is 0 Å². The molecule has 1 aliphatic carbocycles. The van der Waals surface area contributed by atoms with Crippen LogP contribution in [0.3, 0.4) is 0 Å². The smallest absolute Gasteiger partial charge is 0.245 e. The van der Waals surface area contributed by atoms with Crippen molar-refractivity contribution in [3.63, 3.8) is 0 Å². The molecule has 3 unspecified atom stereocenters. The van der Waals surface area contributed by atoms with Crippen LogP contribution in [0.15, 0.2) is 0 Å². The molecule has 8 nitrogen and oxygen atoms in total. The molecule has 0 spiro atoms. The summed E-state index contributed by atoms with van der Waals surface area (Å²) in [5.41, 5.74) is 0. The standard InChI is InChI=1S/C18H27N3O5/c1-12(16(23)20-8-10-26-11-9-20)19-15(22)6-7-21-17(24)13-4-2-3-5-14(13)18(21)25/h12-14H,2-11H2,1H3,(H,19,22). The maximum absolute atomic E-state index is 12.4. The predicted molar refractivity (Wildman–Crippen MR) is 91.8 cm³/mol. The van der Waals surface area contributed by atoms with E-state index in [-0.39, 0.29) is 48.4 Å². The third-order valence-corrected chi connectivity index (χ3v) is 5.57. The molecule has 3 rings (SSSR count). The Kier molecular flexibility index (Phi) is 5.90. The summed E-state index contributed by atoms with van der Waals surface area (Å²) in [5, 5.41) is 2.67. The minimum atomic E-state index is -0.631. The first kappa shape index (κ1) is 18.8. The van der Waals surface area contributed by atoms with Crippen molar-refractivity contribution in [3.05, 3.63) is 0 Å². The summed E-state index contributed by atoms with van der Waals surface area (Å²) in [4.78, 5) is 52.2. The van der Waals surface area contributed by atoms with E-state index in [0.717, 1.165) is 25.7 Å². The molecule has 0 radical (unpaired) electrons. The van der Waals surface area contributed by atoms with Gasteiger partial charge in [0.15, 0.2) is 0 Å². The lowest BCUT2D eigenvalue weighted by atomic mass is 9.81. The van der Waals surface area contributed by atoms with Crippen molar-refractivity contribution in [2.24, 2.45) is 11.8 Å². The van der Waals surface area contributed by atoms with Crippen LogP contribution in [-0.4, -0.2) is 72.3 Å². The second kappa shape index (κ2) is 8.16. The topological polar surface area (TPSA) is 96.0 Å². The van der Waals surface area contributed by atoms with Gasteiger partial charge >= 0.3 is 0 Å². The van der Waals surface area contributed by atoms with Crippen LogP contribution >= 0.6 is 0 Å². The van der Waals surface area contributed by atoms with Crippen molar-refractivity contribution < 1.29 is 23.9 Å². The van der Waals surface area contributed by atoms with E-state index in [0.29, 0.717) is 26.3 Å². The van der Waals surface area contributed by atoms with Gasteiger partial charge in [-0.25, -0.2) is 0 Å². The van der Waals surface area contributed by atoms with Gasteiger partial charge in [0.2, 0.25) is 23.6 Å². The molecular weight excluding hydrogens is 338 g/mol. The molecule has 2 saturated heterocycles. The number of ether oxygens (including phenoxy) is 1. The monoisotopic (exact) mass is 365 g/mol. The van der Waals surface area contributed by atoms with Gasteiger partial charge in [-0.1, -0.05) is 12.8 Å². The molecule has 3 aliphatic rings. The number of morpholine rings is 1. The highest BCUT2D eigenvalue weighted by atomic mass is 16.5. The molecule has 3 atom stereocenters. The Morgan fingerprint density at radius 2 is 1.69 bits per heavy atom. The van der Waals surface area contributed by atoms with Crippen molar-refractivity contribution >= 4 is 23.6 Å². The quantitative estimate of drug-likeness (QED) is 0.687. The van der Waals surface area contributed by atoms with Gasteiger partial charge in [0.25, 0.3) is 0 Å². The Balaban J connectivity index is 1.47. The molecule has 2 heterocycles. The summed E-state index contributed by atoms with van der Waals surface area (Å²) < 4.78 is 5.22. The van der Waals surface area contributed by atoms with Crippen LogP contribution in [0.5, 0.6) is 0 Å². The first-order valence-corrected chi connectivity index (χ1v) is 9.50. The van der Waals surface area contributed by atoms with Gasteiger partial charge in [0.1, 0.15) is 6.04 Å². The number of carbonyl (C=O) groups is 4. The fourth-order valence-corrected chi connectivity index (χ4v) is 4.10. The number of imide groups is 1. The fourth-order valence-electron chi connectivity index (χ4n) is 4.10. The Morgan fingerprint density at radius 1 is 1.12 bits per heavy atom. The molecule has 1 saturated carbocycles.